The first-order valence-electron chi connectivity index (χ1n) is 8.53. The van der Waals surface area contributed by atoms with Gasteiger partial charge in [0.1, 0.15) is 0 Å². The smallest absolute Gasteiger partial charge is 0.254 e. The Labute approximate surface area is 161 Å². The lowest BCUT2D eigenvalue weighted by Crippen LogP contribution is -2.44. The monoisotopic (exact) mass is 388 g/mol. The summed E-state index contributed by atoms with van der Waals surface area (Å²) in [5.74, 6) is -0.0533. The second-order valence-electron chi connectivity index (χ2n) is 6.58. The largest absolute Gasteiger partial charge is 0.396 e. The zero-order chi connectivity index (χ0) is 18.3. The fraction of sp³-hybridized carbons (Fsp3) is 0.250. The summed E-state index contributed by atoms with van der Waals surface area (Å²) in [6.45, 7) is 0.515. The average Bonchev–Trinajstić information content (AvgIpc) is 2.98. The van der Waals surface area contributed by atoms with E-state index in [1.807, 2.05) is 23.1 Å². The van der Waals surface area contributed by atoms with Crippen molar-refractivity contribution < 1.29 is 9.90 Å². The SMILES string of the molecule is O=C(c1ccc(Cl)cc1)N1Cc2[nH]c3ccc(Cl)cc3c2CC1CCO. The van der Waals surface area contributed by atoms with E-state index in [4.69, 9.17) is 23.2 Å². The Balaban J connectivity index is 1.72. The van der Waals surface area contributed by atoms with Gasteiger partial charge in [0.25, 0.3) is 5.91 Å². The lowest BCUT2D eigenvalue weighted by Gasteiger charge is -2.35. The summed E-state index contributed by atoms with van der Waals surface area (Å²) >= 11 is 12.1. The fourth-order valence-electron chi connectivity index (χ4n) is 3.69. The van der Waals surface area contributed by atoms with Crippen molar-refractivity contribution in [2.24, 2.45) is 0 Å². The Bertz CT molecular complexity index is 966. The molecule has 0 saturated heterocycles. The maximum absolute atomic E-state index is 13.0. The van der Waals surface area contributed by atoms with Gasteiger partial charge < -0.3 is 15.0 Å². The van der Waals surface area contributed by atoms with E-state index in [1.54, 1.807) is 24.3 Å². The predicted octanol–water partition coefficient (Wildman–Crippen LogP) is 4.42. The van der Waals surface area contributed by atoms with Crippen LogP contribution in [0, 0.1) is 0 Å². The Morgan fingerprint density at radius 3 is 2.62 bits per heavy atom. The van der Waals surface area contributed by atoms with E-state index < -0.39 is 0 Å². The first kappa shape index (κ1) is 17.4. The summed E-state index contributed by atoms with van der Waals surface area (Å²) in [6.07, 6.45) is 1.22. The van der Waals surface area contributed by atoms with Crippen LogP contribution in [0.1, 0.15) is 28.0 Å². The molecule has 1 aromatic heterocycles. The Morgan fingerprint density at radius 1 is 1.15 bits per heavy atom. The number of benzene rings is 2. The van der Waals surface area contributed by atoms with Crippen molar-refractivity contribution in [3.8, 4) is 0 Å². The van der Waals surface area contributed by atoms with Crippen molar-refractivity contribution in [2.45, 2.75) is 25.4 Å². The summed E-state index contributed by atoms with van der Waals surface area (Å²) in [4.78, 5) is 18.3. The summed E-state index contributed by atoms with van der Waals surface area (Å²) in [5, 5.41) is 11.9. The number of rotatable bonds is 3. The van der Waals surface area contributed by atoms with Crippen molar-refractivity contribution >= 4 is 40.0 Å². The Hall–Kier alpha value is -2.01. The highest BCUT2D eigenvalue weighted by Gasteiger charge is 2.32. The molecule has 4 nitrogen and oxygen atoms in total. The molecule has 0 saturated carbocycles. The van der Waals surface area contributed by atoms with Gasteiger partial charge in [-0.1, -0.05) is 23.2 Å². The first-order chi connectivity index (χ1) is 12.6. The molecule has 2 aromatic carbocycles. The molecule has 1 aliphatic rings. The number of nitrogens with one attached hydrogen (secondary N) is 1. The van der Waals surface area contributed by atoms with Gasteiger partial charge in [-0.05, 0) is 60.9 Å². The number of H-pyrrole nitrogens is 1. The lowest BCUT2D eigenvalue weighted by molar-refractivity contribution is 0.0603. The third-order valence-electron chi connectivity index (χ3n) is 4.98. The average molecular weight is 389 g/mol. The van der Waals surface area contributed by atoms with E-state index in [0.717, 1.165) is 16.6 Å². The minimum absolute atomic E-state index is 0.0352. The quantitative estimate of drug-likeness (QED) is 0.697. The number of aromatic amines is 1. The molecule has 134 valence electrons. The van der Waals surface area contributed by atoms with Gasteiger partial charge in [0.15, 0.2) is 0 Å². The van der Waals surface area contributed by atoms with Crippen LogP contribution in [-0.2, 0) is 13.0 Å². The predicted molar refractivity (Wildman–Crippen MR) is 104 cm³/mol. The van der Waals surface area contributed by atoms with Crippen LogP contribution in [0.25, 0.3) is 10.9 Å². The van der Waals surface area contributed by atoms with E-state index in [1.165, 1.54) is 5.56 Å². The molecule has 0 aliphatic carbocycles. The molecule has 0 radical (unpaired) electrons. The van der Waals surface area contributed by atoms with Gasteiger partial charge in [-0.15, -0.1) is 0 Å². The molecule has 1 atom stereocenters. The highest BCUT2D eigenvalue weighted by Crippen LogP contribution is 2.33. The van der Waals surface area contributed by atoms with E-state index in [2.05, 4.69) is 4.98 Å². The van der Waals surface area contributed by atoms with Crippen molar-refractivity contribution in [3.63, 3.8) is 0 Å². The van der Waals surface area contributed by atoms with Gasteiger partial charge >= 0.3 is 0 Å². The number of fused-ring (bicyclic) bond motifs is 3. The zero-order valence-electron chi connectivity index (χ0n) is 14.0. The van der Waals surface area contributed by atoms with Crippen molar-refractivity contribution in [2.75, 3.05) is 6.61 Å². The highest BCUT2D eigenvalue weighted by atomic mass is 35.5. The number of aliphatic hydroxyl groups excluding tert-OH is 1. The molecular formula is C20H18Cl2N2O2. The highest BCUT2D eigenvalue weighted by molar-refractivity contribution is 6.31. The molecular weight excluding hydrogens is 371 g/mol. The number of nitrogens with zero attached hydrogens (tertiary/aromatic N) is 1. The van der Waals surface area contributed by atoms with Crippen LogP contribution < -0.4 is 0 Å². The third-order valence-corrected chi connectivity index (χ3v) is 5.47. The molecule has 6 heteroatoms. The van der Waals surface area contributed by atoms with Gasteiger partial charge in [0.2, 0.25) is 0 Å². The van der Waals surface area contributed by atoms with E-state index in [9.17, 15) is 9.90 Å². The number of aliphatic hydroxyl groups is 1. The minimum atomic E-state index is -0.0614. The minimum Gasteiger partial charge on any atom is -0.396 e. The number of amides is 1. The Kier molecular flexibility index (Phi) is 4.65. The number of hydrogen-bond acceptors (Lipinski definition) is 2. The molecule has 4 rings (SSSR count). The molecule has 1 aliphatic heterocycles. The van der Waals surface area contributed by atoms with Crippen LogP contribution in [0.3, 0.4) is 0 Å². The normalized spacial score (nSPS) is 16.7. The Morgan fingerprint density at radius 2 is 1.88 bits per heavy atom. The standard InChI is InChI=1S/C20H18Cl2N2O2/c21-13-3-1-12(2-4-13)20(26)24-11-19-17(10-15(24)7-8-25)16-9-14(22)5-6-18(16)23-19/h1-6,9,15,23,25H,7-8,10-11H2. The molecule has 0 bridgehead atoms. The molecule has 0 fully saturated rings. The number of carbonyl (C=O) groups excluding carboxylic acids is 1. The van der Waals surface area contributed by atoms with Gasteiger partial charge in [0.05, 0.1) is 6.54 Å². The van der Waals surface area contributed by atoms with Crippen LogP contribution >= 0.6 is 23.2 Å². The molecule has 1 unspecified atom stereocenters. The molecule has 2 heterocycles. The maximum Gasteiger partial charge on any atom is 0.254 e. The zero-order valence-corrected chi connectivity index (χ0v) is 15.5. The van der Waals surface area contributed by atoms with Gasteiger partial charge in [-0.25, -0.2) is 0 Å². The molecule has 0 spiro atoms. The first-order valence-corrected chi connectivity index (χ1v) is 9.29. The number of carbonyl (C=O) groups is 1. The third kappa shape index (κ3) is 3.09. The fourth-order valence-corrected chi connectivity index (χ4v) is 3.99. The summed E-state index contributed by atoms with van der Waals surface area (Å²) < 4.78 is 0. The summed E-state index contributed by atoms with van der Waals surface area (Å²) in [7, 11) is 0. The van der Waals surface area contributed by atoms with Crippen molar-refractivity contribution in [3.05, 3.63) is 69.3 Å². The van der Waals surface area contributed by atoms with E-state index in [-0.39, 0.29) is 18.6 Å². The second-order valence-corrected chi connectivity index (χ2v) is 7.46. The maximum atomic E-state index is 13.0. The van der Waals surface area contributed by atoms with Crippen molar-refractivity contribution in [1.29, 1.82) is 0 Å². The number of aromatic nitrogens is 1. The van der Waals surface area contributed by atoms with Crippen LogP contribution in [0.4, 0.5) is 0 Å². The van der Waals surface area contributed by atoms with E-state index in [0.29, 0.717) is 35.0 Å². The number of halogens is 2. The summed E-state index contributed by atoms with van der Waals surface area (Å²) in [5.41, 5.74) is 3.82. The van der Waals surface area contributed by atoms with Gasteiger partial charge in [0, 0.05) is 44.9 Å². The van der Waals surface area contributed by atoms with Gasteiger partial charge in [-0.2, -0.15) is 0 Å². The van der Waals surface area contributed by atoms with Crippen LogP contribution in [0.15, 0.2) is 42.5 Å². The summed E-state index contributed by atoms with van der Waals surface area (Å²) in [6, 6.07) is 12.6. The topological polar surface area (TPSA) is 56.3 Å². The van der Waals surface area contributed by atoms with E-state index >= 15 is 0 Å². The number of hydrogen-bond donors (Lipinski definition) is 2. The molecule has 1 amide bonds. The second kappa shape index (κ2) is 6.95. The molecule has 26 heavy (non-hydrogen) atoms. The molecule has 2 N–H and O–H groups in total. The van der Waals surface area contributed by atoms with Crippen LogP contribution in [0.5, 0.6) is 0 Å². The van der Waals surface area contributed by atoms with Crippen molar-refractivity contribution in [1.82, 2.24) is 9.88 Å². The van der Waals surface area contributed by atoms with Crippen LogP contribution in [0.2, 0.25) is 10.0 Å². The molecule has 3 aromatic rings. The van der Waals surface area contributed by atoms with Crippen LogP contribution in [-0.4, -0.2) is 33.5 Å². The van der Waals surface area contributed by atoms with Gasteiger partial charge in [-0.3, -0.25) is 4.79 Å². The lowest BCUT2D eigenvalue weighted by atomic mass is 9.94.